The number of aliphatic imine (C=N–C) groups is 1. The minimum Gasteiger partial charge on any atom is -0.350 e. The molecule has 0 radical (unpaired) electrons. The molecular weight excluding hydrogens is 418 g/mol. The predicted octanol–water partition coefficient (Wildman–Crippen LogP) is 4.51. The van der Waals surface area contributed by atoms with E-state index in [9.17, 15) is 4.79 Å². The first-order valence-corrected chi connectivity index (χ1v) is 12.4. The van der Waals surface area contributed by atoms with E-state index in [1.54, 1.807) is 0 Å². The standard InChI is InChI=1S/C30H31N3O/c34-29(31-18-23-12-6-2-7-13-23)30-26-17-25(19-32-30)27(16-22-10-4-1-5-11-22)28(30)33(21-26)20-24-14-8-3-9-15-24/h1-15,19,25-28H,16-18,20-21H2,(H,31,34). The zero-order chi connectivity index (χ0) is 23.0. The summed E-state index contributed by atoms with van der Waals surface area (Å²) in [5.74, 6) is 1.16. The highest BCUT2D eigenvalue weighted by molar-refractivity contribution is 5.92. The summed E-state index contributed by atoms with van der Waals surface area (Å²) < 4.78 is 0. The van der Waals surface area contributed by atoms with E-state index in [1.165, 1.54) is 11.1 Å². The molecule has 1 aliphatic carbocycles. The van der Waals surface area contributed by atoms with E-state index < -0.39 is 5.54 Å². The van der Waals surface area contributed by atoms with Crippen molar-refractivity contribution in [2.45, 2.75) is 37.5 Å². The van der Waals surface area contributed by atoms with Crippen LogP contribution in [0.25, 0.3) is 0 Å². The van der Waals surface area contributed by atoms with Gasteiger partial charge in [0.05, 0.1) is 0 Å². The summed E-state index contributed by atoms with van der Waals surface area (Å²) in [6.07, 6.45) is 4.14. The Bertz CT molecular complexity index is 1160. The third kappa shape index (κ3) is 3.67. The number of hydrogen-bond acceptors (Lipinski definition) is 3. The van der Waals surface area contributed by atoms with Gasteiger partial charge in [-0.05, 0) is 41.4 Å². The minimum atomic E-state index is -0.697. The van der Waals surface area contributed by atoms with Gasteiger partial charge in [0.15, 0.2) is 5.54 Å². The molecule has 1 amide bonds. The highest BCUT2D eigenvalue weighted by atomic mass is 16.2. The third-order valence-electron chi connectivity index (χ3n) is 8.12. The van der Waals surface area contributed by atoms with Crippen LogP contribution in [0.3, 0.4) is 0 Å². The summed E-state index contributed by atoms with van der Waals surface area (Å²) in [5, 5.41) is 3.28. The molecule has 3 aromatic rings. The van der Waals surface area contributed by atoms with Crippen molar-refractivity contribution in [3.8, 4) is 0 Å². The molecule has 3 aliphatic heterocycles. The maximum absolute atomic E-state index is 14.0. The molecule has 4 aliphatic rings. The van der Waals surface area contributed by atoms with Gasteiger partial charge in [0.2, 0.25) is 5.91 Å². The van der Waals surface area contributed by atoms with Crippen molar-refractivity contribution in [2.24, 2.45) is 22.7 Å². The molecule has 3 heterocycles. The number of nitrogens with zero attached hydrogens (tertiary/aromatic N) is 2. The lowest BCUT2D eigenvalue weighted by Gasteiger charge is -2.51. The molecule has 7 rings (SSSR count). The molecule has 3 aromatic carbocycles. The van der Waals surface area contributed by atoms with Crippen molar-refractivity contribution < 1.29 is 4.79 Å². The Morgan fingerprint density at radius 1 is 0.882 bits per heavy atom. The predicted molar refractivity (Wildman–Crippen MR) is 135 cm³/mol. The number of carbonyl (C=O) groups is 1. The molecule has 1 saturated carbocycles. The van der Waals surface area contributed by atoms with E-state index in [-0.39, 0.29) is 17.9 Å². The largest absolute Gasteiger partial charge is 0.350 e. The highest BCUT2D eigenvalue weighted by Gasteiger charge is 2.67. The van der Waals surface area contributed by atoms with Crippen molar-refractivity contribution in [2.75, 3.05) is 6.54 Å². The summed E-state index contributed by atoms with van der Waals surface area (Å²) in [4.78, 5) is 21.6. The molecular formula is C30H31N3O. The maximum Gasteiger partial charge on any atom is 0.250 e. The molecule has 4 bridgehead atoms. The van der Waals surface area contributed by atoms with Gasteiger partial charge in [0.25, 0.3) is 0 Å². The Hall–Kier alpha value is -3.24. The van der Waals surface area contributed by atoms with Crippen LogP contribution in [0.2, 0.25) is 0 Å². The summed E-state index contributed by atoms with van der Waals surface area (Å²) in [6.45, 7) is 2.34. The van der Waals surface area contributed by atoms with Crippen LogP contribution >= 0.6 is 0 Å². The smallest absolute Gasteiger partial charge is 0.250 e. The van der Waals surface area contributed by atoms with Crippen molar-refractivity contribution in [3.63, 3.8) is 0 Å². The van der Waals surface area contributed by atoms with Crippen LogP contribution in [0.5, 0.6) is 0 Å². The number of rotatable bonds is 7. The van der Waals surface area contributed by atoms with E-state index in [4.69, 9.17) is 4.99 Å². The van der Waals surface area contributed by atoms with Crippen molar-refractivity contribution >= 4 is 12.1 Å². The number of benzene rings is 3. The van der Waals surface area contributed by atoms with Crippen LogP contribution in [-0.4, -0.2) is 35.1 Å². The SMILES string of the molecule is O=C(NCc1ccccc1)C12N=CC3CC1CN(Cc1ccccc1)C2C3Cc1ccccc1. The van der Waals surface area contributed by atoms with E-state index in [1.807, 2.05) is 18.2 Å². The molecule has 4 nitrogen and oxygen atoms in total. The van der Waals surface area contributed by atoms with E-state index in [0.717, 1.165) is 31.5 Å². The van der Waals surface area contributed by atoms with Gasteiger partial charge in [-0.2, -0.15) is 0 Å². The maximum atomic E-state index is 14.0. The molecule has 0 aromatic heterocycles. The van der Waals surface area contributed by atoms with Crippen LogP contribution in [0, 0.1) is 17.8 Å². The molecule has 34 heavy (non-hydrogen) atoms. The molecule has 172 valence electrons. The van der Waals surface area contributed by atoms with Gasteiger partial charge in [-0.15, -0.1) is 0 Å². The van der Waals surface area contributed by atoms with Gasteiger partial charge in [-0.1, -0.05) is 91.0 Å². The molecule has 5 unspecified atom stereocenters. The Labute approximate surface area is 201 Å². The van der Waals surface area contributed by atoms with Gasteiger partial charge in [-0.25, -0.2) is 0 Å². The second-order valence-corrected chi connectivity index (χ2v) is 10.1. The third-order valence-corrected chi connectivity index (χ3v) is 8.12. The molecule has 1 N–H and O–H groups in total. The van der Waals surface area contributed by atoms with Crippen LogP contribution < -0.4 is 5.32 Å². The number of likely N-dealkylation sites (tertiary alicyclic amines) is 1. The van der Waals surface area contributed by atoms with E-state index in [2.05, 4.69) is 89.2 Å². The fraction of sp³-hybridized carbons (Fsp3) is 0.333. The van der Waals surface area contributed by atoms with Crippen LogP contribution in [0.15, 0.2) is 96.0 Å². The van der Waals surface area contributed by atoms with Gasteiger partial charge >= 0.3 is 0 Å². The zero-order valence-electron chi connectivity index (χ0n) is 19.4. The van der Waals surface area contributed by atoms with Gasteiger partial charge in [0, 0.05) is 37.8 Å². The average molecular weight is 450 g/mol. The Morgan fingerprint density at radius 2 is 1.50 bits per heavy atom. The lowest BCUT2D eigenvalue weighted by Crippen LogP contribution is -2.65. The summed E-state index contributed by atoms with van der Waals surface area (Å²) in [6, 6.07) is 31.7. The van der Waals surface area contributed by atoms with Gasteiger partial charge in [0.1, 0.15) is 0 Å². The van der Waals surface area contributed by atoms with Crippen LogP contribution in [0.1, 0.15) is 23.1 Å². The number of hydrogen-bond donors (Lipinski definition) is 1. The minimum absolute atomic E-state index is 0.0920. The van der Waals surface area contributed by atoms with Gasteiger partial charge in [-0.3, -0.25) is 14.7 Å². The topological polar surface area (TPSA) is 44.7 Å². The number of nitrogens with one attached hydrogen (secondary N) is 1. The zero-order valence-corrected chi connectivity index (χ0v) is 19.4. The lowest BCUT2D eigenvalue weighted by atomic mass is 9.59. The van der Waals surface area contributed by atoms with E-state index in [0.29, 0.717) is 18.4 Å². The normalized spacial score (nSPS) is 29.3. The summed E-state index contributed by atoms with van der Waals surface area (Å²) in [7, 11) is 0. The Kier molecular flexibility index (Phi) is 5.54. The second-order valence-electron chi connectivity index (χ2n) is 10.1. The molecule has 1 saturated heterocycles. The quantitative estimate of drug-likeness (QED) is 0.577. The summed E-state index contributed by atoms with van der Waals surface area (Å²) in [5.41, 5.74) is 3.07. The number of carbonyl (C=O) groups excluding carboxylic acids is 1. The molecule has 0 spiro atoms. The van der Waals surface area contributed by atoms with Crippen LogP contribution in [-0.2, 0) is 24.3 Å². The fourth-order valence-corrected chi connectivity index (χ4v) is 6.64. The average Bonchev–Trinajstić information content (AvgIpc) is 3.15. The Balaban J connectivity index is 1.33. The highest BCUT2D eigenvalue weighted by Crippen LogP contribution is 2.54. The van der Waals surface area contributed by atoms with Crippen molar-refractivity contribution in [1.29, 1.82) is 0 Å². The van der Waals surface area contributed by atoms with Crippen molar-refractivity contribution in [3.05, 3.63) is 108 Å². The fourth-order valence-electron chi connectivity index (χ4n) is 6.64. The first kappa shape index (κ1) is 21.3. The summed E-state index contributed by atoms with van der Waals surface area (Å²) >= 11 is 0. The monoisotopic (exact) mass is 449 g/mol. The lowest BCUT2D eigenvalue weighted by molar-refractivity contribution is -0.132. The number of amides is 1. The second kappa shape index (κ2) is 8.84. The molecule has 2 fully saturated rings. The first-order valence-electron chi connectivity index (χ1n) is 12.4. The van der Waals surface area contributed by atoms with Gasteiger partial charge < -0.3 is 5.32 Å². The van der Waals surface area contributed by atoms with Crippen LogP contribution in [0.4, 0.5) is 0 Å². The van der Waals surface area contributed by atoms with E-state index >= 15 is 0 Å². The first-order chi connectivity index (χ1) is 16.7. The molecule has 5 atom stereocenters. The molecule has 4 heteroatoms. The van der Waals surface area contributed by atoms with Crippen molar-refractivity contribution in [1.82, 2.24) is 10.2 Å². The Morgan fingerprint density at radius 3 is 2.18 bits per heavy atom.